The van der Waals surface area contributed by atoms with Crippen LogP contribution in [-0.2, 0) is 10.2 Å². The third-order valence-electron chi connectivity index (χ3n) is 5.87. The lowest BCUT2D eigenvalue weighted by atomic mass is 9.74. The summed E-state index contributed by atoms with van der Waals surface area (Å²) in [5, 5.41) is 3.55. The minimum absolute atomic E-state index is 0. The molecule has 0 amide bonds. The summed E-state index contributed by atoms with van der Waals surface area (Å²) in [4.78, 5) is 7.63. The Morgan fingerprint density at radius 3 is 2.37 bits per heavy atom. The van der Waals surface area contributed by atoms with E-state index in [1.54, 1.807) is 0 Å². The SMILES string of the molecule is CCNC(=NCC1(c2ccccc2)CCOCC1)N1CC(C)CC(C)C1.I. The molecule has 152 valence electrons. The number of guanidine groups is 1. The predicted molar refractivity (Wildman–Crippen MR) is 124 cm³/mol. The summed E-state index contributed by atoms with van der Waals surface area (Å²) in [5.74, 6) is 2.55. The van der Waals surface area contributed by atoms with Gasteiger partial charge < -0.3 is 15.0 Å². The first kappa shape index (κ1) is 22.5. The van der Waals surface area contributed by atoms with E-state index in [9.17, 15) is 0 Å². The second-order valence-electron chi connectivity index (χ2n) is 8.28. The molecule has 1 aromatic carbocycles. The van der Waals surface area contributed by atoms with Gasteiger partial charge in [0.2, 0.25) is 0 Å². The Morgan fingerprint density at radius 2 is 1.78 bits per heavy atom. The lowest BCUT2D eigenvalue weighted by Crippen LogP contribution is -2.49. The van der Waals surface area contributed by atoms with Gasteiger partial charge in [-0.2, -0.15) is 0 Å². The average Bonchev–Trinajstić information content (AvgIpc) is 2.66. The molecule has 0 aromatic heterocycles. The number of nitrogens with zero attached hydrogens (tertiary/aromatic N) is 2. The molecule has 1 N–H and O–H groups in total. The van der Waals surface area contributed by atoms with Gasteiger partial charge in [-0.15, -0.1) is 24.0 Å². The largest absolute Gasteiger partial charge is 0.381 e. The van der Waals surface area contributed by atoms with Crippen LogP contribution in [0.2, 0.25) is 0 Å². The molecule has 0 saturated carbocycles. The van der Waals surface area contributed by atoms with Gasteiger partial charge >= 0.3 is 0 Å². The molecule has 3 rings (SSSR count). The number of nitrogens with one attached hydrogen (secondary N) is 1. The highest BCUT2D eigenvalue weighted by atomic mass is 127. The van der Waals surface area contributed by atoms with Crippen LogP contribution in [-0.4, -0.2) is 50.3 Å². The summed E-state index contributed by atoms with van der Waals surface area (Å²) in [7, 11) is 0. The minimum atomic E-state index is 0. The van der Waals surface area contributed by atoms with Crippen molar-refractivity contribution in [2.24, 2.45) is 16.8 Å². The summed E-state index contributed by atoms with van der Waals surface area (Å²) >= 11 is 0. The zero-order valence-corrected chi connectivity index (χ0v) is 19.4. The second-order valence-corrected chi connectivity index (χ2v) is 8.28. The molecule has 2 aliphatic rings. The molecule has 2 aliphatic heterocycles. The predicted octanol–water partition coefficient (Wildman–Crippen LogP) is 4.30. The van der Waals surface area contributed by atoms with E-state index in [0.29, 0.717) is 0 Å². The van der Waals surface area contributed by atoms with E-state index in [4.69, 9.17) is 9.73 Å². The van der Waals surface area contributed by atoms with Crippen molar-refractivity contribution >= 4 is 29.9 Å². The smallest absolute Gasteiger partial charge is 0.193 e. The van der Waals surface area contributed by atoms with Gasteiger partial charge in [0.25, 0.3) is 0 Å². The van der Waals surface area contributed by atoms with Crippen LogP contribution < -0.4 is 5.32 Å². The topological polar surface area (TPSA) is 36.9 Å². The van der Waals surface area contributed by atoms with Crippen molar-refractivity contribution in [1.82, 2.24) is 10.2 Å². The molecule has 2 unspecified atom stereocenters. The summed E-state index contributed by atoms with van der Waals surface area (Å²) in [6, 6.07) is 10.9. The molecule has 2 heterocycles. The maximum Gasteiger partial charge on any atom is 0.193 e. The maximum atomic E-state index is 5.67. The van der Waals surface area contributed by atoms with Crippen LogP contribution in [0.5, 0.6) is 0 Å². The molecule has 2 atom stereocenters. The highest BCUT2D eigenvalue weighted by molar-refractivity contribution is 14.0. The Bertz CT molecular complexity index is 576. The minimum Gasteiger partial charge on any atom is -0.381 e. The monoisotopic (exact) mass is 485 g/mol. The molecular formula is C22H36IN3O. The Hall–Kier alpha value is -0.820. The first-order valence-electron chi connectivity index (χ1n) is 10.3. The Kier molecular flexibility index (Phi) is 8.86. The van der Waals surface area contributed by atoms with Crippen LogP contribution in [0.25, 0.3) is 0 Å². The molecule has 4 nitrogen and oxygen atoms in total. The van der Waals surface area contributed by atoms with Crippen molar-refractivity contribution in [3.05, 3.63) is 35.9 Å². The summed E-state index contributed by atoms with van der Waals surface area (Å²) in [5.41, 5.74) is 1.51. The van der Waals surface area contributed by atoms with Crippen molar-refractivity contribution in [1.29, 1.82) is 0 Å². The number of piperidine rings is 1. The standard InChI is InChI=1S/C22H35N3O.HI/c1-4-23-21(25-15-18(2)14-19(3)16-25)24-17-22(10-12-26-13-11-22)20-8-6-5-7-9-20;/h5-9,18-19H,4,10-17H2,1-3H3,(H,23,24);1H. The number of halogens is 1. The Balaban J connectivity index is 0.00000261. The van der Waals surface area contributed by atoms with Crippen molar-refractivity contribution in [2.75, 3.05) is 39.4 Å². The van der Waals surface area contributed by atoms with E-state index in [2.05, 4.69) is 61.3 Å². The number of hydrogen-bond donors (Lipinski definition) is 1. The van der Waals surface area contributed by atoms with Crippen LogP contribution in [0.1, 0.15) is 45.6 Å². The number of hydrogen-bond acceptors (Lipinski definition) is 2. The number of ether oxygens (including phenoxy) is 1. The Labute approximate surface area is 182 Å². The van der Waals surface area contributed by atoms with Gasteiger partial charge in [-0.05, 0) is 43.6 Å². The number of aliphatic imine (C=N–C) groups is 1. The number of likely N-dealkylation sites (tertiary alicyclic amines) is 1. The molecule has 0 aliphatic carbocycles. The second kappa shape index (κ2) is 10.6. The van der Waals surface area contributed by atoms with Crippen LogP contribution >= 0.6 is 24.0 Å². The fraction of sp³-hybridized carbons (Fsp3) is 0.682. The van der Waals surface area contributed by atoms with Crippen molar-refractivity contribution in [2.45, 2.75) is 45.4 Å². The fourth-order valence-electron chi connectivity index (χ4n) is 4.58. The van der Waals surface area contributed by atoms with E-state index in [-0.39, 0.29) is 29.4 Å². The average molecular weight is 485 g/mol. The van der Waals surface area contributed by atoms with Gasteiger partial charge in [-0.25, -0.2) is 0 Å². The zero-order valence-electron chi connectivity index (χ0n) is 17.1. The van der Waals surface area contributed by atoms with Gasteiger partial charge in [0, 0.05) is 38.3 Å². The molecule has 27 heavy (non-hydrogen) atoms. The normalized spacial score (nSPS) is 25.6. The van der Waals surface area contributed by atoms with E-state index in [1.165, 1.54) is 12.0 Å². The molecule has 2 fully saturated rings. The van der Waals surface area contributed by atoms with Crippen molar-refractivity contribution in [3.63, 3.8) is 0 Å². The summed E-state index contributed by atoms with van der Waals surface area (Å²) < 4.78 is 5.67. The third-order valence-corrected chi connectivity index (χ3v) is 5.87. The fourth-order valence-corrected chi connectivity index (χ4v) is 4.58. The van der Waals surface area contributed by atoms with Crippen LogP contribution in [0.3, 0.4) is 0 Å². The zero-order chi connectivity index (χ0) is 18.4. The van der Waals surface area contributed by atoms with Gasteiger partial charge in [-0.3, -0.25) is 4.99 Å². The Morgan fingerprint density at radius 1 is 1.15 bits per heavy atom. The van der Waals surface area contributed by atoms with E-state index in [1.807, 2.05) is 0 Å². The van der Waals surface area contributed by atoms with Gasteiger partial charge in [0.05, 0.1) is 6.54 Å². The first-order valence-corrected chi connectivity index (χ1v) is 10.3. The highest BCUT2D eigenvalue weighted by Crippen LogP contribution is 2.35. The van der Waals surface area contributed by atoms with Gasteiger partial charge in [-0.1, -0.05) is 44.2 Å². The quantitative estimate of drug-likeness (QED) is 0.393. The summed E-state index contributed by atoms with van der Waals surface area (Å²) in [6.07, 6.45) is 3.42. The van der Waals surface area contributed by atoms with Crippen LogP contribution in [0.4, 0.5) is 0 Å². The highest BCUT2D eigenvalue weighted by Gasteiger charge is 2.35. The molecule has 2 saturated heterocycles. The lowest BCUT2D eigenvalue weighted by Gasteiger charge is -2.39. The first-order chi connectivity index (χ1) is 12.6. The molecule has 1 aromatic rings. The van der Waals surface area contributed by atoms with Crippen molar-refractivity contribution < 1.29 is 4.74 Å². The van der Waals surface area contributed by atoms with E-state index in [0.717, 1.165) is 70.0 Å². The van der Waals surface area contributed by atoms with Crippen LogP contribution in [0, 0.1) is 11.8 Å². The molecule has 5 heteroatoms. The lowest BCUT2D eigenvalue weighted by molar-refractivity contribution is 0.0529. The van der Waals surface area contributed by atoms with Crippen molar-refractivity contribution in [3.8, 4) is 0 Å². The van der Waals surface area contributed by atoms with Gasteiger partial charge in [0.15, 0.2) is 5.96 Å². The maximum absolute atomic E-state index is 5.67. The third kappa shape index (κ3) is 5.83. The number of benzene rings is 1. The number of rotatable bonds is 4. The van der Waals surface area contributed by atoms with Crippen LogP contribution in [0.15, 0.2) is 35.3 Å². The van der Waals surface area contributed by atoms with E-state index >= 15 is 0 Å². The van der Waals surface area contributed by atoms with Gasteiger partial charge in [0.1, 0.15) is 0 Å². The summed E-state index contributed by atoms with van der Waals surface area (Å²) in [6.45, 7) is 12.5. The molecule has 0 radical (unpaired) electrons. The molecular weight excluding hydrogens is 449 g/mol. The van der Waals surface area contributed by atoms with E-state index < -0.39 is 0 Å². The molecule has 0 spiro atoms. The molecule has 0 bridgehead atoms.